The van der Waals surface area contributed by atoms with Crippen molar-refractivity contribution in [3.05, 3.63) is 0 Å². The van der Waals surface area contributed by atoms with Crippen molar-refractivity contribution in [2.75, 3.05) is 18.9 Å². The van der Waals surface area contributed by atoms with E-state index < -0.39 is 39.7 Å². The van der Waals surface area contributed by atoms with E-state index in [0.29, 0.717) is 0 Å². The Balaban J connectivity index is 1.89. The molecule has 1 unspecified atom stereocenters. The van der Waals surface area contributed by atoms with Crippen molar-refractivity contribution in [1.82, 2.24) is 5.32 Å². The Morgan fingerprint density at radius 2 is 1.79 bits per heavy atom. The van der Waals surface area contributed by atoms with Gasteiger partial charge in [-0.25, -0.2) is 9.59 Å². The molecule has 1 heterocycles. The van der Waals surface area contributed by atoms with Crippen molar-refractivity contribution < 1.29 is 36.5 Å². The zero-order chi connectivity index (χ0) is 21.7. The van der Waals surface area contributed by atoms with E-state index in [1.54, 1.807) is 13.8 Å². The van der Waals surface area contributed by atoms with Crippen LogP contribution in [0.25, 0.3) is 0 Å². The number of amides is 1. The molecule has 0 aromatic carbocycles. The van der Waals surface area contributed by atoms with Crippen LogP contribution in [0, 0.1) is 11.3 Å². The van der Waals surface area contributed by atoms with Crippen LogP contribution < -0.4 is 5.32 Å². The van der Waals surface area contributed by atoms with Gasteiger partial charge in [0.25, 0.3) is 10.1 Å². The molecule has 0 radical (unpaired) electrons. The fourth-order valence-electron chi connectivity index (χ4n) is 3.56. The highest BCUT2D eigenvalue weighted by atomic mass is 32.2. The number of esters is 2. The minimum atomic E-state index is -3.85. The van der Waals surface area contributed by atoms with Crippen molar-refractivity contribution in [2.24, 2.45) is 11.3 Å². The monoisotopic (exact) mass is 433 g/mol. The minimum absolute atomic E-state index is 0.0236. The van der Waals surface area contributed by atoms with E-state index in [9.17, 15) is 22.8 Å². The molecule has 2 atom stereocenters. The van der Waals surface area contributed by atoms with Crippen molar-refractivity contribution in [2.45, 2.75) is 71.5 Å². The second kappa shape index (κ2) is 9.88. The lowest BCUT2D eigenvalue weighted by Crippen LogP contribution is -2.54. The summed E-state index contributed by atoms with van der Waals surface area (Å²) >= 11 is 0. The van der Waals surface area contributed by atoms with Gasteiger partial charge in [0.2, 0.25) is 18.1 Å². The summed E-state index contributed by atoms with van der Waals surface area (Å²) in [5, 5.41) is 2.51. The van der Waals surface area contributed by atoms with Gasteiger partial charge < -0.3 is 14.8 Å². The number of ether oxygens (including phenoxy) is 2. The first-order valence-electron chi connectivity index (χ1n) is 10.0. The molecule has 9 nitrogen and oxygen atoms in total. The maximum atomic E-state index is 12.5. The van der Waals surface area contributed by atoms with E-state index in [1.807, 2.05) is 0 Å². The normalized spacial score (nSPS) is 24.0. The van der Waals surface area contributed by atoms with E-state index in [2.05, 4.69) is 5.32 Å². The lowest BCUT2D eigenvalue weighted by Gasteiger charge is -2.39. The van der Waals surface area contributed by atoms with Gasteiger partial charge in [-0.1, -0.05) is 33.1 Å². The molecule has 1 saturated heterocycles. The van der Waals surface area contributed by atoms with Crippen LogP contribution >= 0.6 is 0 Å². The van der Waals surface area contributed by atoms with E-state index in [1.165, 1.54) is 6.92 Å². The molecule has 0 spiro atoms. The Labute approximate surface area is 172 Å². The summed E-state index contributed by atoms with van der Waals surface area (Å²) in [7, 11) is -3.85. The minimum Gasteiger partial charge on any atom is -0.447 e. The van der Waals surface area contributed by atoms with Gasteiger partial charge in [0.1, 0.15) is 0 Å². The molecule has 1 amide bonds. The Morgan fingerprint density at radius 1 is 1.14 bits per heavy atom. The Hall–Kier alpha value is -1.68. The van der Waals surface area contributed by atoms with Crippen LogP contribution in [0.4, 0.5) is 0 Å². The van der Waals surface area contributed by atoms with Crippen LogP contribution in [0.3, 0.4) is 0 Å². The molecule has 1 aliphatic heterocycles. The van der Waals surface area contributed by atoms with Gasteiger partial charge in [-0.3, -0.25) is 8.98 Å². The van der Waals surface area contributed by atoms with Gasteiger partial charge in [0, 0.05) is 24.8 Å². The zero-order valence-electron chi connectivity index (χ0n) is 17.3. The number of cyclic esters (lactones) is 2. The van der Waals surface area contributed by atoms with Crippen LogP contribution in [0.15, 0.2) is 0 Å². The summed E-state index contributed by atoms with van der Waals surface area (Å²) in [5.41, 5.74) is -1.09. The number of carbonyl (C=O) groups is 3. The third-order valence-electron chi connectivity index (χ3n) is 5.27. The maximum absolute atomic E-state index is 12.5. The fourth-order valence-corrected chi connectivity index (χ4v) is 4.66. The molecule has 1 aliphatic carbocycles. The van der Waals surface area contributed by atoms with Crippen molar-refractivity contribution in [1.29, 1.82) is 0 Å². The Kier molecular flexibility index (Phi) is 8.04. The number of rotatable bonds is 9. The summed E-state index contributed by atoms with van der Waals surface area (Å²) in [6.45, 7) is 4.39. The second-order valence-corrected chi connectivity index (χ2v) is 10.2. The van der Waals surface area contributed by atoms with Gasteiger partial charge in [0.05, 0.1) is 12.4 Å². The van der Waals surface area contributed by atoms with E-state index in [-0.39, 0.29) is 37.2 Å². The maximum Gasteiger partial charge on any atom is 0.348 e. The van der Waals surface area contributed by atoms with Crippen molar-refractivity contribution in [3.8, 4) is 0 Å². The Morgan fingerprint density at radius 3 is 2.41 bits per heavy atom. The molecular formula is C19H31NO8S. The molecule has 2 fully saturated rings. The molecule has 2 aliphatic rings. The van der Waals surface area contributed by atoms with Crippen molar-refractivity contribution >= 4 is 28.0 Å². The second-order valence-electron chi connectivity index (χ2n) is 8.42. The third-order valence-corrected chi connectivity index (χ3v) is 6.53. The number of hydrogen-bond donors (Lipinski definition) is 1. The first-order chi connectivity index (χ1) is 13.5. The highest BCUT2D eigenvalue weighted by molar-refractivity contribution is 7.86. The molecule has 0 aromatic rings. The SMILES string of the molecule is CC(=O)NCCCS(=O)(=O)OCC(C)(C)[C@H]1OC(=O)C(C2CCCCC2)OC1=O. The summed E-state index contributed by atoms with van der Waals surface area (Å²) in [6.07, 6.45) is 2.83. The molecule has 1 saturated carbocycles. The predicted octanol–water partition coefficient (Wildman–Crippen LogP) is 1.30. The molecule has 29 heavy (non-hydrogen) atoms. The molecule has 166 valence electrons. The smallest absolute Gasteiger partial charge is 0.348 e. The molecule has 1 N–H and O–H groups in total. The standard InChI is InChI=1S/C19H31NO8S/c1-13(21)20-10-7-11-29(24,25)26-12-19(2,3)16-18(23)27-15(17(22)28-16)14-8-5-4-6-9-14/h14-16H,4-12H2,1-3H3,(H,20,21)/t15?,16-/m0/s1. The summed E-state index contributed by atoms with van der Waals surface area (Å²) in [5.74, 6) is -1.79. The fraction of sp³-hybridized carbons (Fsp3) is 0.842. The van der Waals surface area contributed by atoms with Crippen LogP contribution in [0.2, 0.25) is 0 Å². The highest BCUT2D eigenvalue weighted by Crippen LogP contribution is 2.35. The van der Waals surface area contributed by atoms with Gasteiger partial charge in [0.15, 0.2) is 0 Å². The van der Waals surface area contributed by atoms with E-state index in [4.69, 9.17) is 13.7 Å². The average Bonchev–Trinajstić information content (AvgIpc) is 2.66. The topological polar surface area (TPSA) is 125 Å². The number of hydrogen-bond acceptors (Lipinski definition) is 8. The van der Waals surface area contributed by atoms with E-state index in [0.717, 1.165) is 32.1 Å². The molecular weight excluding hydrogens is 402 g/mol. The number of nitrogens with one attached hydrogen (secondary N) is 1. The van der Waals surface area contributed by atoms with Crippen molar-refractivity contribution in [3.63, 3.8) is 0 Å². The molecule has 10 heteroatoms. The average molecular weight is 434 g/mol. The van der Waals surface area contributed by atoms with Gasteiger partial charge in [-0.2, -0.15) is 8.42 Å². The van der Waals surface area contributed by atoms with Crippen LogP contribution in [0.5, 0.6) is 0 Å². The first kappa shape index (κ1) is 23.6. The van der Waals surface area contributed by atoms with Crippen LogP contribution in [0.1, 0.15) is 59.3 Å². The van der Waals surface area contributed by atoms with Crippen LogP contribution in [-0.4, -0.2) is 57.4 Å². The summed E-state index contributed by atoms with van der Waals surface area (Å²) in [6, 6.07) is 0. The van der Waals surface area contributed by atoms with Crippen LogP contribution in [-0.2, 0) is 38.2 Å². The summed E-state index contributed by atoms with van der Waals surface area (Å²) < 4.78 is 39.9. The van der Waals surface area contributed by atoms with Gasteiger partial charge in [-0.05, 0) is 19.3 Å². The molecule has 0 bridgehead atoms. The predicted molar refractivity (Wildman–Crippen MR) is 103 cm³/mol. The third kappa shape index (κ3) is 6.95. The Bertz CT molecular complexity index is 712. The molecule has 0 aromatic heterocycles. The quantitative estimate of drug-likeness (QED) is 0.328. The number of carbonyl (C=O) groups excluding carboxylic acids is 3. The lowest BCUT2D eigenvalue weighted by atomic mass is 9.83. The van der Waals surface area contributed by atoms with E-state index >= 15 is 0 Å². The largest absolute Gasteiger partial charge is 0.447 e. The van der Waals surface area contributed by atoms with Gasteiger partial charge in [-0.15, -0.1) is 0 Å². The first-order valence-corrected chi connectivity index (χ1v) is 11.6. The highest BCUT2D eigenvalue weighted by Gasteiger charge is 2.49. The summed E-state index contributed by atoms with van der Waals surface area (Å²) in [4.78, 5) is 35.7. The van der Waals surface area contributed by atoms with Gasteiger partial charge >= 0.3 is 11.9 Å². The molecule has 2 rings (SSSR count). The lowest BCUT2D eigenvalue weighted by molar-refractivity contribution is -0.209. The zero-order valence-corrected chi connectivity index (χ0v) is 18.1.